The molecule has 1 fully saturated rings. The number of rotatable bonds is 7. The third kappa shape index (κ3) is 5.10. The molecule has 0 amide bonds. The number of methoxy groups -OCH3 is 1. The van der Waals surface area contributed by atoms with Crippen LogP contribution in [-0.4, -0.2) is 33.6 Å². The van der Waals surface area contributed by atoms with Gasteiger partial charge >= 0.3 is 5.97 Å². The van der Waals surface area contributed by atoms with E-state index >= 15 is 0 Å². The van der Waals surface area contributed by atoms with Crippen molar-refractivity contribution in [1.82, 2.24) is 14.8 Å². The Morgan fingerprint density at radius 2 is 1.92 bits per heavy atom. The van der Waals surface area contributed by atoms with Crippen molar-refractivity contribution < 1.29 is 18.7 Å². The van der Waals surface area contributed by atoms with Crippen LogP contribution in [0.1, 0.15) is 53.7 Å². The van der Waals surface area contributed by atoms with Crippen LogP contribution < -0.4 is 0 Å². The zero-order valence-corrected chi connectivity index (χ0v) is 22.0. The van der Waals surface area contributed by atoms with Crippen molar-refractivity contribution >= 4 is 22.7 Å². The molecular formula is C31H32FN3O3. The highest BCUT2D eigenvalue weighted by Gasteiger charge is 2.44. The lowest BCUT2D eigenvalue weighted by Crippen LogP contribution is -2.40. The molecule has 0 spiro atoms. The summed E-state index contributed by atoms with van der Waals surface area (Å²) in [7, 11) is 3.31. The van der Waals surface area contributed by atoms with E-state index in [0.29, 0.717) is 31.2 Å². The summed E-state index contributed by atoms with van der Waals surface area (Å²) in [5.41, 5.74) is 4.46. The zero-order valence-electron chi connectivity index (χ0n) is 22.0. The van der Waals surface area contributed by atoms with Gasteiger partial charge in [-0.15, -0.1) is 0 Å². The number of benzene rings is 2. The Morgan fingerprint density at radius 1 is 1.13 bits per heavy atom. The minimum Gasteiger partial charge on any atom is -0.469 e. The number of carbonyl (C=O) groups excluding carboxylic acids is 2. The van der Waals surface area contributed by atoms with E-state index in [4.69, 9.17) is 9.84 Å². The maximum atomic E-state index is 13.5. The van der Waals surface area contributed by atoms with Crippen LogP contribution in [0.2, 0.25) is 0 Å². The Bertz CT molecular complexity index is 1490. The summed E-state index contributed by atoms with van der Waals surface area (Å²) in [6, 6.07) is 15.9. The highest BCUT2D eigenvalue weighted by molar-refractivity contribution is 6.02. The summed E-state index contributed by atoms with van der Waals surface area (Å²) < 4.78 is 20.5. The van der Waals surface area contributed by atoms with Crippen LogP contribution >= 0.6 is 0 Å². The van der Waals surface area contributed by atoms with E-state index in [1.165, 1.54) is 19.2 Å². The molecule has 38 heavy (non-hydrogen) atoms. The summed E-state index contributed by atoms with van der Waals surface area (Å²) in [6.07, 6.45) is 5.57. The summed E-state index contributed by atoms with van der Waals surface area (Å²) in [4.78, 5) is 30.8. The van der Waals surface area contributed by atoms with Crippen molar-refractivity contribution in [2.45, 2.75) is 45.4 Å². The third-order valence-electron chi connectivity index (χ3n) is 7.84. The normalized spacial score (nSPS) is 19.4. The van der Waals surface area contributed by atoms with Crippen molar-refractivity contribution in [3.8, 4) is 11.3 Å². The molecule has 5 rings (SSSR count). The minimum atomic E-state index is -0.713. The van der Waals surface area contributed by atoms with Crippen LogP contribution in [0.5, 0.6) is 0 Å². The highest BCUT2D eigenvalue weighted by atomic mass is 19.1. The number of fused-ring (bicyclic) bond motifs is 1. The molecule has 0 radical (unpaired) electrons. The van der Waals surface area contributed by atoms with Gasteiger partial charge in [0.2, 0.25) is 0 Å². The monoisotopic (exact) mass is 513 g/mol. The summed E-state index contributed by atoms with van der Waals surface area (Å²) in [5.74, 6) is -0.448. The molecule has 2 heterocycles. The number of ether oxygens (including phenoxy) is 1. The molecule has 2 atom stereocenters. The van der Waals surface area contributed by atoms with E-state index in [0.717, 1.165) is 46.3 Å². The van der Waals surface area contributed by atoms with Crippen LogP contribution in [0.15, 0.2) is 60.8 Å². The molecule has 2 aromatic heterocycles. The highest BCUT2D eigenvalue weighted by Crippen LogP contribution is 2.44. The van der Waals surface area contributed by atoms with Gasteiger partial charge in [0.15, 0.2) is 5.78 Å². The molecule has 7 heteroatoms. The molecule has 196 valence electrons. The number of aromatic nitrogens is 3. The van der Waals surface area contributed by atoms with E-state index in [1.54, 1.807) is 18.3 Å². The average molecular weight is 514 g/mol. The summed E-state index contributed by atoms with van der Waals surface area (Å²) in [5, 5.41) is 5.64. The first-order valence-corrected chi connectivity index (χ1v) is 13.0. The van der Waals surface area contributed by atoms with Gasteiger partial charge < -0.3 is 4.74 Å². The van der Waals surface area contributed by atoms with Gasteiger partial charge in [-0.2, -0.15) is 5.10 Å². The van der Waals surface area contributed by atoms with Gasteiger partial charge in [-0.05, 0) is 86.6 Å². The Kier molecular flexibility index (Phi) is 7.11. The van der Waals surface area contributed by atoms with Crippen LogP contribution in [-0.2, 0) is 23.0 Å². The van der Waals surface area contributed by atoms with E-state index in [-0.39, 0.29) is 23.5 Å². The van der Waals surface area contributed by atoms with Gasteiger partial charge in [0, 0.05) is 41.9 Å². The fourth-order valence-corrected chi connectivity index (χ4v) is 6.01. The molecule has 0 saturated heterocycles. The SMILES string of the molecule is COC(=O)C1(Cc2ccc(F)cc2)CCCC(CC(=O)c2ccc3c(c2)c(-c2ccnc(C)c2)nn3C)C1. The molecule has 2 aromatic carbocycles. The van der Waals surface area contributed by atoms with Crippen molar-refractivity contribution in [3.05, 3.63) is 83.4 Å². The molecule has 1 aliphatic rings. The minimum absolute atomic E-state index is 0.0556. The molecular weight excluding hydrogens is 481 g/mol. The van der Waals surface area contributed by atoms with Crippen molar-refractivity contribution in [2.24, 2.45) is 18.4 Å². The molecule has 1 saturated carbocycles. The first kappa shape index (κ1) is 25.8. The molecule has 6 nitrogen and oxygen atoms in total. The van der Waals surface area contributed by atoms with Crippen LogP contribution in [0, 0.1) is 24.1 Å². The smallest absolute Gasteiger partial charge is 0.312 e. The van der Waals surface area contributed by atoms with E-state index < -0.39 is 5.41 Å². The van der Waals surface area contributed by atoms with Gasteiger partial charge in [0.1, 0.15) is 11.5 Å². The predicted octanol–water partition coefficient (Wildman–Crippen LogP) is 6.25. The number of Topliss-reactive ketones (excluding diaryl/α,β-unsaturated/α-hetero) is 1. The van der Waals surface area contributed by atoms with Crippen LogP contribution in [0.3, 0.4) is 0 Å². The second-order valence-corrected chi connectivity index (χ2v) is 10.6. The second kappa shape index (κ2) is 10.5. The second-order valence-electron chi connectivity index (χ2n) is 10.6. The lowest BCUT2D eigenvalue weighted by Gasteiger charge is -2.38. The van der Waals surface area contributed by atoms with Crippen LogP contribution in [0.25, 0.3) is 22.2 Å². The van der Waals surface area contributed by atoms with E-state index in [9.17, 15) is 14.0 Å². The van der Waals surface area contributed by atoms with Crippen LogP contribution in [0.4, 0.5) is 4.39 Å². The number of esters is 1. The molecule has 2 unspecified atom stereocenters. The van der Waals surface area contributed by atoms with E-state index in [1.807, 2.05) is 49.0 Å². The summed E-state index contributed by atoms with van der Waals surface area (Å²) in [6.45, 7) is 1.94. The summed E-state index contributed by atoms with van der Waals surface area (Å²) >= 11 is 0. The maximum Gasteiger partial charge on any atom is 0.312 e. The number of hydrogen-bond acceptors (Lipinski definition) is 5. The fraction of sp³-hybridized carbons (Fsp3) is 0.355. The lowest BCUT2D eigenvalue weighted by atomic mass is 9.65. The number of halogens is 1. The number of nitrogens with zero attached hydrogens (tertiary/aromatic N) is 3. The zero-order chi connectivity index (χ0) is 26.9. The number of hydrogen-bond donors (Lipinski definition) is 0. The number of aryl methyl sites for hydroxylation is 2. The Balaban J connectivity index is 1.39. The Morgan fingerprint density at radius 3 is 2.66 bits per heavy atom. The third-order valence-corrected chi connectivity index (χ3v) is 7.84. The maximum absolute atomic E-state index is 13.5. The molecule has 0 bridgehead atoms. The number of carbonyl (C=O) groups is 2. The molecule has 0 aliphatic heterocycles. The Labute approximate surface area is 221 Å². The lowest BCUT2D eigenvalue weighted by molar-refractivity contribution is -0.156. The fourth-order valence-electron chi connectivity index (χ4n) is 6.01. The Hall–Kier alpha value is -3.87. The van der Waals surface area contributed by atoms with Crippen molar-refractivity contribution in [1.29, 1.82) is 0 Å². The number of pyridine rings is 1. The van der Waals surface area contributed by atoms with Crippen molar-refractivity contribution in [2.75, 3.05) is 7.11 Å². The van der Waals surface area contributed by atoms with Gasteiger partial charge in [0.05, 0.1) is 18.0 Å². The number of ketones is 1. The first-order valence-electron chi connectivity index (χ1n) is 13.0. The molecule has 1 aliphatic carbocycles. The standard InChI is InChI=1S/C31H32FN3O3/c1-20-15-24(12-14-33-20)29-26-17-23(8-11-27(26)35(2)34-29)28(36)16-22-5-4-13-31(19-22,30(37)38-3)18-21-6-9-25(32)10-7-21/h6-12,14-15,17,22H,4-5,13,16,18-19H2,1-3H3. The quantitative estimate of drug-likeness (QED) is 0.216. The predicted molar refractivity (Wildman–Crippen MR) is 144 cm³/mol. The first-order chi connectivity index (χ1) is 18.3. The van der Waals surface area contributed by atoms with Gasteiger partial charge in [0.25, 0.3) is 0 Å². The van der Waals surface area contributed by atoms with Gasteiger partial charge in [-0.3, -0.25) is 19.3 Å². The molecule has 0 N–H and O–H groups in total. The van der Waals surface area contributed by atoms with E-state index in [2.05, 4.69) is 4.98 Å². The van der Waals surface area contributed by atoms with Gasteiger partial charge in [-0.25, -0.2) is 4.39 Å². The average Bonchev–Trinajstić information content (AvgIpc) is 3.25. The largest absolute Gasteiger partial charge is 0.469 e. The van der Waals surface area contributed by atoms with Crippen molar-refractivity contribution in [3.63, 3.8) is 0 Å². The van der Waals surface area contributed by atoms with Gasteiger partial charge in [-0.1, -0.05) is 18.6 Å². The topological polar surface area (TPSA) is 74.1 Å². The molecule has 4 aromatic rings.